The van der Waals surface area contributed by atoms with E-state index in [-0.39, 0.29) is 0 Å². The summed E-state index contributed by atoms with van der Waals surface area (Å²) in [6, 6.07) is 9.38. The van der Waals surface area contributed by atoms with Crippen molar-refractivity contribution in [2.24, 2.45) is 0 Å². The van der Waals surface area contributed by atoms with E-state index in [4.69, 9.17) is 0 Å². The van der Waals surface area contributed by atoms with Crippen LogP contribution in [0.1, 0.15) is 24.0 Å². The van der Waals surface area contributed by atoms with Crippen molar-refractivity contribution < 1.29 is 0 Å². The average molecular weight is 187 g/mol. The second-order valence-electron chi connectivity index (χ2n) is 3.94. The van der Waals surface area contributed by atoms with Gasteiger partial charge in [0.05, 0.1) is 0 Å². The molecular formula is C13H17N. The van der Waals surface area contributed by atoms with Gasteiger partial charge in [-0.2, -0.15) is 0 Å². The van der Waals surface area contributed by atoms with E-state index >= 15 is 0 Å². The Labute approximate surface area is 85.8 Å². The molecule has 0 bridgehead atoms. The molecule has 1 saturated heterocycles. The number of benzene rings is 1. The summed E-state index contributed by atoms with van der Waals surface area (Å²) >= 11 is 0. The van der Waals surface area contributed by atoms with E-state index in [0.29, 0.717) is 6.04 Å². The molecule has 2 rings (SSSR count). The van der Waals surface area contributed by atoms with Crippen molar-refractivity contribution in [2.45, 2.75) is 25.3 Å². The Morgan fingerprint density at radius 3 is 2.71 bits per heavy atom. The summed E-state index contributed by atoms with van der Waals surface area (Å²) in [4.78, 5) is 0. The summed E-state index contributed by atoms with van der Waals surface area (Å²) in [7, 11) is 0. The fraction of sp³-hybridized carbons (Fsp3) is 0.385. The van der Waals surface area contributed by atoms with E-state index < -0.39 is 0 Å². The van der Waals surface area contributed by atoms with E-state index in [1.807, 2.05) is 6.08 Å². The fourth-order valence-corrected chi connectivity index (χ4v) is 2.01. The maximum absolute atomic E-state index is 3.75. The van der Waals surface area contributed by atoms with Gasteiger partial charge in [0.25, 0.3) is 0 Å². The van der Waals surface area contributed by atoms with Crippen molar-refractivity contribution in [3.8, 4) is 0 Å². The quantitative estimate of drug-likeness (QED) is 0.767. The molecule has 0 spiro atoms. The third kappa shape index (κ3) is 2.24. The number of hydrogen-bond acceptors (Lipinski definition) is 1. The van der Waals surface area contributed by atoms with Gasteiger partial charge in [0.15, 0.2) is 0 Å². The Balaban J connectivity index is 1.98. The van der Waals surface area contributed by atoms with Crippen molar-refractivity contribution >= 4 is 6.08 Å². The third-order valence-electron chi connectivity index (χ3n) is 2.86. The highest BCUT2D eigenvalue weighted by atomic mass is 14.9. The Morgan fingerprint density at radius 2 is 2.14 bits per heavy atom. The van der Waals surface area contributed by atoms with E-state index in [2.05, 4.69) is 36.2 Å². The van der Waals surface area contributed by atoms with Crippen LogP contribution in [0.3, 0.4) is 0 Å². The van der Waals surface area contributed by atoms with Crippen molar-refractivity contribution in [1.82, 2.24) is 5.32 Å². The normalized spacial score (nSPS) is 21.0. The lowest BCUT2D eigenvalue weighted by Crippen LogP contribution is -2.23. The number of hydrogen-bond donors (Lipinski definition) is 1. The van der Waals surface area contributed by atoms with Crippen molar-refractivity contribution in [2.75, 3.05) is 6.54 Å². The minimum Gasteiger partial charge on any atom is -0.314 e. The molecule has 1 aliphatic heterocycles. The van der Waals surface area contributed by atoms with E-state index in [1.165, 1.54) is 30.5 Å². The van der Waals surface area contributed by atoms with E-state index in [0.717, 1.165) is 6.42 Å². The molecule has 1 nitrogen and oxygen atoms in total. The van der Waals surface area contributed by atoms with E-state index in [1.54, 1.807) is 0 Å². The van der Waals surface area contributed by atoms with Crippen LogP contribution in [-0.2, 0) is 6.42 Å². The highest BCUT2D eigenvalue weighted by Gasteiger charge is 2.13. The van der Waals surface area contributed by atoms with Crippen LogP contribution in [0.15, 0.2) is 30.8 Å². The summed E-state index contributed by atoms with van der Waals surface area (Å²) in [6.45, 7) is 4.94. The summed E-state index contributed by atoms with van der Waals surface area (Å²) in [5.41, 5.74) is 2.63. The number of rotatable bonds is 3. The van der Waals surface area contributed by atoms with Gasteiger partial charge in [-0.3, -0.25) is 0 Å². The smallest absolute Gasteiger partial charge is 0.0108 e. The minimum absolute atomic E-state index is 0.699. The van der Waals surface area contributed by atoms with Crippen LogP contribution in [0.2, 0.25) is 0 Å². The second-order valence-corrected chi connectivity index (χ2v) is 3.94. The second kappa shape index (κ2) is 4.43. The average Bonchev–Trinajstić information content (AvgIpc) is 2.72. The standard InChI is InChI=1S/C13H17N/c1-2-11-5-7-12(8-6-11)10-13-4-3-9-14-13/h2,5-8,13-14H,1,3-4,9-10H2. The predicted octanol–water partition coefficient (Wildman–Crippen LogP) is 2.62. The first-order chi connectivity index (χ1) is 6.88. The van der Waals surface area contributed by atoms with Crippen LogP contribution in [0.4, 0.5) is 0 Å². The monoisotopic (exact) mass is 187 g/mol. The van der Waals surface area contributed by atoms with Gasteiger partial charge in [0.2, 0.25) is 0 Å². The first-order valence-electron chi connectivity index (χ1n) is 5.33. The molecule has 1 fully saturated rings. The van der Waals surface area contributed by atoms with Gasteiger partial charge in [-0.15, -0.1) is 0 Å². The molecule has 1 heterocycles. The molecule has 0 amide bonds. The van der Waals surface area contributed by atoms with Gasteiger partial charge >= 0.3 is 0 Å². The molecule has 1 unspecified atom stereocenters. The Bertz CT molecular complexity index is 294. The third-order valence-corrected chi connectivity index (χ3v) is 2.86. The molecule has 0 aliphatic carbocycles. The number of nitrogens with one attached hydrogen (secondary N) is 1. The molecule has 1 atom stereocenters. The van der Waals surface area contributed by atoms with Crippen molar-refractivity contribution in [3.05, 3.63) is 42.0 Å². The van der Waals surface area contributed by atoms with Crippen LogP contribution < -0.4 is 5.32 Å². The predicted molar refractivity (Wildman–Crippen MR) is 61.3 cm³/mol. The molecule has 1 aromatic rings. The lowest BCUT2D eigenvalue weighted by atomic mass is 10.0. The van der Waals surface area contributed by atoms with Crippen LogP contribution in [0.25, 0.3) is 6.08 Å². The highest BCUT2D eigenvalue weighted by molar-refractivity contribution is 5.47. The zero-order chi connectivity index (χ0) is 9.80. The van der Waals surface area contributed by atoms with Crippen molar-refractivity contribution in [3.63, 3.8) is 0 Å². The molecule has 1 aromatic carbocycles. The topological polar surface area (TPSA) is 12.0 Å². The van der Waals surface area contributed by atoms with Gasteiger partial charge < -0.3 is 5.32 Å². The van der Waals surface area contributed by atoms with Gasteiger partial charge in [0, 0.05) is 6.04 Å². The molecular weight excluding hydrogens is 170 g/mol. The van der Waals surface area contributed by atoms with Crippen LogP contribution in [-0.4, -0.2) is 12.6 Å². The fourth-order valence-electron chi connectivity index (χ4n) is 2.01. The molecule has 0 saturated carbocycles. The zero-order valence-corrected chi connectivity index (χ0v) is 8.50. The first kappa shape index (κ1) is 9.47. The molecule has 74 valence electrons. The molecule has 0 radical (unpaired) electrons. The summed E-state index contributed by atoms with van der Waals surface area (Å²) in [5, 5.41) is 3.51. The Hall–Kier alpha value is -1.08. The molecule has 1 N–H and O–H groups in total. The van der Waals surface area contributed by atoms with Gasteiger partial charge in [-0.1, -0.05) is 36.9 Å². The van der Waals surface area contributed by atoms with Crippen LogP contribution in [0.5, 0.6) is 0 Å². The van der Waals surface area contributed by atoms with E-state index in [9.17, 15) is 0 Å². The molecule has 1 aliphatic rings. The van der Waals surface area contributed by atoms with Gasteiger partial charge in [-0.05, 0) is 36.9 Å². The lowest BCUT2D eigenvalue weighted by Gasteiger charge is -2.09. The van der Waals surface area contributed by atoms with Crippen LogP contribution >= 0.6 is 0 Å². The lowest BCUT2D eigenvalue weighted by molar-refractivity contribution is 0.603. The maximum atomic E-state index is 3.75. The summed E-state index contributed by atoms with van der Waals surface area (Å²) in [6.07, 6.45) is 5.70. The van der Waals surface area contributed by atoms with Crippen molar-refractivity contribution in [1.29, 1.82) is 0 Å². The molecule has 0 aromatic heterocycles. The molecule has 14 heavy (non-hydrogen) atoms. The largest absolute Gasteiger partial charge is 0.314 e. The van der Waals surface area contributed by atoms with Crippen LogP contribution in [0, 0.1) is 0 Å². The maximum Gasteiger partial charge on any atom is 0.0108 e. The first-order valence-corrected chi connectivity index (χ1v) is 5.33. The molecule has 1 heteroatoms. The Kier molecular flexibility index (Phi) is 3.00. The minimum atomic E-state index is 0.699. The van der Waals surface area contributed by atoms with Gasteiger partial charge in [0.1, 0.15) is 0 Å². The summed E-state index contributed by atoms with van der Waals surface area (Å²) in [5.74, 6) is 0. The zero-order valence-electron chi connectivity index (χ0n) is 8.50. The highest BCUT2D eigenvalue weighted by Crippen LogP contribution is 2.13. The SMILES string of the molecule is C=Cc1ccc(CC2CCCN2)cc1. The summed E-state index contributed by atoms with van der Waals surface area (Å²) < 4.78 is 0. The van der Waals surface area contributed by atoms with Gasteiger partial charge in [-0.25, -0.2) is 0 Å². The Morgan fingerprint density at radius 1 is 1.36 bits per heavy atom.